The smallest absolute Gasteiger partial charge is 0.130 e. The van der Waals surface area contributed by atoms with Crippen molar-refractivity contribution >= 4 is 22.5 Å². The van der Waals surface area contributed by atoms with Crippen LogP contribution >= 0.6 is 11.6 Å². The largest absolute Gasteiger partial charge is 0.493 e. The number of nitrogens with zero attached hydrogens (tertiary/aromatic N) is 1. The van der Waals surface area contributed by atoms with Crippen molar-refractivity contribution in [2.45, 2.75) is 25.1 Å². The van der Waals surface area contributed by atoms with Gasteiger partial charge in [-0.3, -0.25) is 4.98 Å². The second kappa shape index (κ2) is 5.15. The number of para-hydroxylation sites is 1. The number of hydrogen-bond donors (Lipinski definition) is 0. The van der Waals surface area contributed by atoms with Gasteiger partial charge in [-0.25, -0.2) is 0 Å². The van der Waals surface area contributed by atoms with Crippen LogP contribution in [0.25, 0.3) is 10.9 Å². The Morgan fingerprint density at radius 2 is 2.11 bits per heavy atom. The molecule has 1 aliphatic rings. The van der Waals surface area contributed by atoms with E-state index in [1.54, 1.807) is 0 Å². The first kappa shape index (κ1) is 11.8. The average molecular weight is 262 g/mol. The predicted octanol–water partition coefficient (Wildman–Crippen LogP) is 4.15. The van der Waals surface area contributed by atoms with Crippen LogP contribution in [-0.2, 0) is 5.88 Å². The number of ether oxygens (including phenoxy) is 1. The number of benzene rings is 1. The summed E-state index contributed by atoms with van der Waals surface area (Å²) in [7, 11) is 0. The van der Waals surface area contributed by atoms with Crippen LogP contribution in [0.3, 0.4) is 0 Å². The van der Waals surface area contributed by atoms with Gasteiger partial charge in [0.1, 0.15) is 5.75 Å². The van der Waals surface area contributed by atoms with Crippen molar-refractivity contribution in [2.24, 2.45) is 5.92 Å². The van der Waals surface area contributed by atoms with E-state index in [1.807, 2.05) is 30.3 Å². The summed E-state index contributed by atoms with van der Waals surface area (Å²) in [6.07, 6.45) is 3.90. The molecule has 0 spiro atoms. The van der Waals surface area contributed by atoms with Crippen molar-refractivity contribution in [1.29, 1.82) is 0 Å². The molecule has 3 rings (SSSR count). The van der Waals surface area contributed by atoms with Gasteiger partial charge in [-0.15, -0.1) is 11.6 Å². The third-order valence-electron chi connectivity index (χ3n) is 3.35. The number of pyridine rings is 1. The van der Waals surface area contributed by atoms with E-state index in [-0.39, 0.29) is 0 Å². The number of rotatable bonds is 5. The fraction of sp³-hybridized carbons (Fsp3) is 0.400. The summed E-state index contributed by atoms with van der Waals surface area (Å²) < 4.78 is 5.91. The minimum atomic E-state index is 0.420. The molecule has 2 aromatic rings. The van der Waals surface area contributed by atoms with Crippen molar-refractivity contribution in [1.82, 2.24) is 4.98 Å². The SMILES string of the molecule is ClCc1cc(OCCC2CC2)c2ccccc2n1. The third kappa shape index (κ3) is 2.59. The zero-order chi connectivity index (χ0) is 12.4. The number of hydrogen-bond acceptors (Lipinski definition) is 2. The second-order valence-electron chi connectivity index (χ2n) is 4.84. The van der Waals surface area contributed by atoms with Gasteiger partial charge in [-0.2, -0.15) is 0 Å². The van der Waals surface area contributed by atoms with Gasteiger partial charge in [0.15, 0.2) is 0 Å². The van der Waals surface area contributed by atoms with Crippen LogP contribution in [-0.4, -0.2) is 11.6 Å². The van der Waals surface area contributed by atoms with Crippen LogP contribution in [0, 0.1) is 5.92 Å². The molecule has 0 N–H and O–H groups in total. The maximum atomic E-state index is 5.91. The van der Waals surface area contributed by atoms with E-state index in [1.165, 1.54) is 12.8 Å². The number of alkyl halides is 1. The Balaban J connectivity index is 1.86. The lowest BCUT2D eigenvalue weighted by atomic mass is 10.2. The summed E-state index contributed by atoms with van der Waals surface area (Å²) in [5.74, 6) is 2.23. The lowest BCUT2D eigenvalue weighted by Gasteiger charge is -2.10. The van der Waals surface area contributed by atoms with Crippen LogP contribution in [0.2, 0.25) is 0 Å². The van der Waals surface area contributed by atoms with Crippen molar-refractivity contribution in [2.75, 3.05) is 6.61 Å². The normalized spacial score (nSPS) is 14.9. The molecule has 0 amide bonds. The third-order valence-corrected chi connectivity index (χ3v) is 3.62. The number of aromatic nitrogens is 1. The van der Waals surface area contributed by atoms with Crippen molar-refractivity contribution in [3.05, 3.63) is 36.0 Å². The minimum absolute atomic E-state index is 0.420. The summed E-state index contributed by atoms with van der Waals surface area (Å²) >= 11 is 5.88. The van der Waals surface area contributed by atoms with E-state index in [2.05, 4.69) is 4.98 Å². The van der Waals surface area contributed by atoms with Gasteiger partial charge >= 0.3 is 0 Å². The van der Waals surface area contributed by atoms with Crippen LogP contribution in [0.5, 0.6) is 5.75 Å². The number of fused-ring (bicyclic) bond motifs is 1. The Hall–Kier alpha value is -1.28. The summed E-state index contributed by atoms with van der Waals surface area (Å²) in [5, 5.41) is 1.07. The van der Waals surface area contributed by atoms with Gasteiger partial charge < -0.3 is 4.74 Å². The molecule has 1 aliphatic carbocycles. The van der Waals surface area contributed by atoms with Crippen LogP contribution < -0.4 is 4.74 Å². The second-order valence-corrected chi connectivity index (χ2v) is 5.11. The van der Waals surface area contributed by atoms with Gasteiger partial charge in [-0.1, -0.05) is 25.0 Å². The fourth-order valence-corrected chi connectivity index (χ4v) is 2.26. The van der Waals surface area contributed by atoms with E-state index in [0.717, 1.165) is 41.3 Å². The molecule has 0 bridgehead atoms. The molecule has 0 atom stereocenters. The molecule has 3 heteroatoms. The van der Waals surface area contributed by atoms with Gasteiger partial charge in [0, 0.05) is 11.5 Å². The maximum absolute atomic E-state index is 5.91. The maximum Gasteiger partial charge on any atom is 0.130 e. The highest BCUT2D eigenvalue weighted by atomic mass is 35.5. The van der Waals surface area contributed by atoms with E-state index in [4.69, 9.17) is 16.3 Å². The Morgan fingerprint density at radius 1 is 1.28 bits per heavy atom. The molecule has 0 saturated heterocycles. The molecule has 0 unspecified atom stereocenters. The monoisotopic (exact) mass is 261 g/mol. The van der Waals surface area contributed by atoms with Crippen LogP contribution in [0.4, 0.5) is 0 Å². The number of halogens is 1. The summed E-state index contributed by atoms with van der Waals surface area (Å²) in [4.78, 5) is 4.50. The van der Waals surface area contributed by atoms with E-state index in [9.17, 15) is 0 Å². The zero-order valence-corrected chi connectivity index (χ0v) is 11.0. The molecule has 1 heterocycles. The van der Waals surface area contributed by atoms with Gasteiger partial charge in [0.05, 0.1) is 23.7 Å². The molecule has 1 aromatic carbocycles. The first-order chi connectivity index (χ1) is 8.86. The molecule has 1 fully saturated rings. The molecule has 1 aromatic heterocycles. The highest BCUT2D eigenvalue weighted by Gasteiger charge is 2.20. The van der Waals surface area contributed by atoms with Crippen molar-refractivity contribution < 1.29 is 4.74 Å². The lowest BCUT2D eigenvalue weighted by molar-refractivity contribution is 0.305. The quantitative estimate of drug-likeness (QED) is 0.755. The molecule has 0 radical (unpaired) electrons. The molecule has 94 valence electrons. The van der Waals surface area contributed by atoms with Gasteiger partial charge in [0.25, 0.3) is 0 Å². The van der Waals surface area contributed by atoms with Crippen molar-refractivity contribution in [3.8, 4) is 5.75 Å². The molecule has 1 saturated carbocycles. The molecule has 0 aliphatic heterocycles. The van der Waals surface area contributed by atoms with E-state index in [0.29, 0.717) is 5.88 Å². The Labute approximate surface area is 112 Å². The zero-order valence-electron chi connectivity index (χ0n) is 10.2. The van der Waals surface area contributed by atoms with Gasteiger partial charge in [-0.05, 0) is 24.5 Å². The molecular formula is C15H16ClNO. The molecule has 2 nitrogen and oxygen atoms in total. The molecule has 18 heavy (non-hydrogen) atoms. The van der Waals surface area contributed by atoms with E-state index >= 15 is 0 Å². The Kier molecular flexibility index (Phi) is 3.37. The van der Waals surface area contributed by atoms with Gasteiger partial charge in [0.2, 0.25) is 0 Å². The average Bonchev–Trinajstić information content (AvgIpc) is 3.22. The first-order valence-corrected chi connectivity index (χ1v) is 6.97. The minimum Gasteiger partial charge on any atom is -0.493 e. The van der Waals surface area contributed by atoms with E-state index < -0.39 is 0 Å². The Bertz CT molecular complexity index is 551. The Morgan fingerprint density at radius 3 is 2.89 bits per heavy atom. The summed E-state index contributed by atoms with van der Waals surface area (Å²) in [5.41, 5.74) is 1.83. The molecular weight excluding hydrogens is 246 g/mol. The standard InChI is InChI=1S/C15H16ClNO/c16-10-12-9-15(18-8-7-11-5-6-11)13-3-1-2-4-14(13)17-12/h1-4,9,11H,5-8,10H2. The highest BCUT2D eigenvalue weighted by Crippen LogP contribution is 2.33. The van der Waals surface area contributed by atoms with Crippen molar-refractivity contribution in [3.63, 3.8) is 0 Å². The lowest BCUT2D eigenvalue weighted by Crippen LogP contribution is -2.00. The summed E-state index contributed by atoms with van der Waals surface area (Å²) in [6.45, 7) is 0.792. The van der Waals surface area contributed by atoms with Crippen LogP contribution in [0.15, 0.2) is 30.3 Å². The summed E-state index contributed by atoms with van der Waals surface area (Å²) in [6, 6.07) is 10.0. The first-order valence-electron chi connectivity index (χ1n) is 6.44. The highest BCUT2D eigenvalue weighted by molar-refractivity contribution is 6.17. The fourth-order valence-electron chi connectivity index (χ4n) is 2.13. The predicted molar refractivity (Wildman–Crippen MR) is 74.1 cm³/mol. The topological polar surface area (TPSA) is 22.1 Å². The van der Waals surface area contributed by atoms with Crippen LogP contribution in [0.1, 0.15) is 25.0 Å².